The smallest absolute Gasteiger partial charge is 0.426 e. The molecule has 1 aromatic heterocycles. The molecule has 0 fully saturated rings. The van der Waals surface area contributed by atoms with Gasteiger partial charge in [-0.3, -0.25) is 9.78 Å². The molecule has 0 N–H and O–H groups in total. The molecule has 0 spiro atoms. The van der Waals surface area contributed by atoms with Gasteiger partial charge in [0.2, 0.25) is 5.91 Å². The highest BCUT2D eigenvalue weighted by molar-refractivity contribution is 5.98. The number of para-hydroxylation sites is 2. The van der Waals surface area contributed by atoms with Gasteiger partial charge in [0, 0.05) is 17.8 Å². The number of carbonyl (C=O) groups excluding carboxylic acids is 1. The Morgan fingerprint density at radius 2 is 1.81 bits per heavy atom. The van der Waals surface area contributed by atoms with Crippen LogP contribution in [0.3, 0.4) is 0 Å². The molecule has 146 valence electrons. The van der Waals surface area contributed by atoms with Gasteiger partial charge < -0.3 is 9.64 Å². The maximum atomic E-state index is 13.5. The molecule has 0 radical (unpaired) electrons. The van der Waals surface area contributed by atoms with Crippen molar-refractivity contribution >= 4 is 11.6 Å². The van der Waals surface area contributed by atoms with Crippen molar-refractivity contribution < 1.29 is 27.1 Å². The molecule has 0 saturated carbocycles. The molecular weight excluding hydrogens is 364 g/mol. The highest BCUT2D eigenvalue weighted by Gasteiger charge is 2.45. The van der Waals surface area contributed by atoms with Gasteiger partial charge in [0.25, 0.3) is 0 Å². The lowest BCUT2D eigenvalue weighted by molar-refractivity contribution is -0.253. The number of alkyl halides is 4. The molecule has 1 heterocycles. The van der Waals surface area contributed by atoms with Crippen LogP contribution in [0.1, 0.15) is 26.3 Å². The number of anilines is 1. The molecule has 1 aromatic carbocycles. The molecule has 2 rings (SSSR count). The lowest BCUT2D eigenvalue weighted by Gasteiger charge is -2.31. The number of benzene rings is 1. The van der Waals surface area contributed by atoms with Crippen LogP contribution in [-0.4, -0.2) is 23.4 Å². The fourth-order valence-corrected chi connectivity index (χ4v) is 2.30. The second-order valence-electron chi connectivity index (χ2n) is 6.93. The van der Waals surface area contributed by atoms with Crippen molar-refractivity contribution in [2.75, 3.05) is 4.90 Å². The van der Waals surface area contributed by atoms with Crippen LogP contribution in [0.2, 0.25) is 0 Å². The van der Waals surface area contributed by atoms with E-state index in [0.717, 1.165) is 6.07 Å². The highest BCUT2D eigenvalue weighted by Crippen LogP contribution is 2.37. The van der Waals surface area contributed by atoms with Crippen LogP contribution in [0.25, 0.3) is 0 Å². The van der Waals surface area contributed by atoms with E-state index in [1.165, 1.54) is 29.3 Å². The van der Waals surface area contributed by atoms with Gasteiger partial charge in [0.1, 0.15) is 5.75 Å². The monoisotopic (exact) mass is 384 g/mol. The quantitative estimate of drug-likeness (QED) is 0.666. The van der Waals surface area contributed by atoms with Crippen molar-refractivity contribution in [2.24, 2.45) is 5.41 Å². The molecule has 0 aliphatic carbocycles. The fourth-order valence-electron chi connectivity index (χ4n) is 2.30. The van der Waals surface area contributed by atoms with E-state index in [9.17, 15) is 22.4 Å². The molecule has 1 amide bonds. The topological polar surface area (TPSA) is 42.4 Å². The average molecular weight is 384 g/mol. The van der Waals surface area contributed by atoms with Gasteiger partial charge in [-0.05, 0) is 23.8 Å². The third-order valence-corrected chi connectivity index (χ3v) is 3.61. The molecule has 0 aliphatic rings. The second kappa shape index (κ2) is 7.94. The third kappa shape index (κ3) is 5.18. The van der Waals surface area contributed by atoms with Crippen molar-refractivity contribution in [3.8, 4) is 5.75 Å². The Hall–Kier alpha value is -2.64. The van der Waals surface area contributed by atoms with Gasteiger partial charge in [-0.15, -0.1) is 0 Å². The molecular formula is C19H20F4N2O2. The summed E-state index contributed by atoms with van der Waals surface area (Å²) in [6.07, 6.45) is -5.60. The van der Waals surface area contributed by atoms with Gasteiger partial charge in [-0.1, -0.05) is 39.0 Å². The lowest BCUT2D eigenvalue weighted by atomic mass is 9.94. The summed E-state index contributed by atoms with van der Waals surface area (Å²) >= 11 is 0. The lowest BCUT2D eigenvalue weighted by Crippen LogP contribution is -2.40. The Kier molecular flexibility index (Phi) is 6.08. The van der Waals surface area contributed by atoms with Crippen molar-refractivity contribution in [1.82, 2.24) is 4.98 Å². The number of amides is 1. The van der Waals surface area contributed by atoms with Crippen LogP contribution in [0.15, 0.2) is 48.8 Å². The van der Waals surface area contributed by atoms with Crippen LogP contribution in [-0.2, 0) is 11.3 Å². The second-order valence-corrected chi connectivity index (χ2v) is 6.93. The number of ether oxygens (including phenoxy) is 1. The van der Waals surface area contributed by atoms with E-state index in [1.807, 2.05) is 0 Å². The zero-order valence-corrected chi connectivity index (χ0v) is 15.1. The van der Waals surface area contributed by atoms with Gasteiger partial charge in [0.05, 0.1) is 12.2 Å². The maximum absolute atomic E-state index is 13.5. The Morgan fingerprint density at radius 3 is 2.37 bits per heavy atom. The van der Waals surface area contributed by atoms with E-state index in [2.05, 4.69) is 9.72 Å². The first-order valence-electron chi connectivity index (χ1n) is 8.17. The Balaban J connectivity index is 2.48. The number of hydrogen-bond acceptors (Lipinski definition) is 3. The van der Waals surface area contributed by atoms with Crippen molar-refractivity contribution in [2.45, 2.75) is 39.9 Å². The summed E-state index contributed by atoms with van der Waals surface area (Å²) in [6.45, 7) is 5.03. The van der Waals surface area contributed by atoms with E-state index in [0.29, 0.717) is 5.56 Å². The van der Waals surface area contributed by atoms with E-state index in [-0.39, 0.29) is 18.1 Å². The number of aromatic nitrogens is 1. The first-order valence-corrected chi connectivity index (χ1v) is 8.17. The molecule has 0 saturated heterocycles. The van der Waals surface area contributed by atoms with Crippen molar-refractivity contribution in [1.29, 1.82) is 0 Å². The zero-order chi connectivity index (χ0) is 20.2. The molecule has 0 unspecified atom stereocenters. The van der Waals surface area contributed by atoms with E-state index in [4.69, 9.17) is 0 Å². The normalized spacial score (nSPS) is 12.1. The molecule has 0 bridgehead atoms. The summed E-state index contributed by atoms with van der Waals surface area (Å²) in [6, 6.07) is 8.75. The fraction of sp³-hybridized carbons (Fsp3) is 0.368. The van der Waals surface area contributed by atoms with E-state index in [1.54, 1.807) is 39.1 Å². The number of nitrogens with zero attached hydrogens (tertiary/aromatic N) is 2. The Bertz CT molecular complexity index is 777. The zero-order valence-electron chi connectivity index (χ0n) is 15.1. The summed E-state index contributed by atoms with van der Waals surface area (Å²) in [5, 5.41) is 0. The standard InChI is InChI=1S/C19H20F4N2O2/c1-18(2,3)17(26)25(12-13-7-6-10-24-11-13)14-8-4-5-9-15(14)27-19(22,23)16(20)21/h4-11,16H,12H2,1-3H3. The minimum atomic E-state index is -4.68. The van der Waals surface area contributed by atoms with E-state index < -0.39 is 23.7 Å². The van der Waals surface area contributed by atoms with Gasteiger partial charge in [0.15, 0.2) is 0 Å². The third-order valence-electron chi connectivity index (χ3n) is 3.61. The maximum Gasteiger partial charge on any atom is 0.461 e. The molecule has 0 atom stereocenters. The van der Waals surface area contributed by atoms with Crippen molar-refractivity contribution in [3.05, 3.63) is 54.4 Å². The molecule has 27 heavy (non-hydrogen) atoms. The summed E-state index contributed by atoms with van der Waals surface area (Å²) < 4.78 is 56.3. The number of hydrogen-bond donors (Lipinski definition) is 0. The summed E-state index contributed by atoms with van der Waals surface area (Å²) in [5.41, 5.74) is -0.229. The molecule has 0 aliphatic heterocycles. The number of carbonyl (C=O) groups is 1. The predicted octanol–water partition coefficient (Wildman–Crippen LogP) is 4.90. The van der Waals surface area contributed by atoms with Gasteiger partial charge in [-0.25, -0.2) is 0 Å². The Labute approximate surface area is 154 Å². The van der Waals surface area contributed by atoms with E-state index >= 15 is 0 Å². The molecule has 2 aromatic rings. The van der Waals surface area contributed by atoms with Crippen LogP contribution >= 0.6 is 0 Å². The summed E-state index contributed by atoms with van der Waals surface area (Å²) in [5.74, 6) is -0.896. The van der Waals surface area contributed by atoms with Crippen LogP contribution in [0, 0.1) is 5.41 Å². The first-order chi connectivity index (χ1) is 12.5. The summed E-state index contributed by atoms with van der Waals surface area (Å²) in [4.78, 5) is 18.1. The van der Waals surface area contributed by atoms with Crippen molar-refractivity contribution in [3.63, 3.8) is 0 Å². The van der Waals surface area contributed by atoms with Crippen LogP contribution in [0.5, 0.6) is 5.75 Å². The SMILES string of the molecule is CC(C)(C)C(=O)N(Cc1cccnc1)c1ccccc1OC(F)(F)C(F)F. The van der Waals surface area contributed by atoms with Crippen LogP contribution in [0.4, 0.5) is 23.2 Å². The Morgan fingerprint density at radius 1 is 1.15 bits per heavy atom. The number of pyridine rings is 1. The predicted molar refractivity (Wildman–Crippen MR) is 92.9 cm³/mol. The minimum absolute atomic E-state index is 0.0184. The summed E-state index contributed by atoms with van der Waals surface area (Å²) in [7, 11) is 0. The number of halogens is 4. The first kappa shape index (κ1) is 20.7. The van der Waals surface area contributed by atoms with Crippen LogP contribution < -0.4 is 9.64 Å². The minimum Gasteiger partial charge on any atom is -0.426 e. The molecule has 8 heteroatoms. The van der Waals surface area contributed by atoms with Gasteiger partial charge in [-0.2, -0.15) is 17.6 Å². The average Bonchev–Trinajstić information content (AvgIpc) is 2.59. The highest BCUT2D eigenvalue weighted by atomic mass is 19.3. The molecule has 4 nitrogen and oxygen atoms in total. The largest absolute Gasteiger partial charge is 0.461 e. The number of rotatable bonds is 6. The van der Waals surface area contributed by atoms with Gasteiger partial charge >= 0.3 is 12.5 Å².